The zero-order valence-corrected chi connectivity index (χ0v) is 14.2. The Bertz CT molecular complexity index is 641. The minimum atomic E-state index is -0.460. The van der Waals surface area contributed by atoms with E-state index < -0.39 is 5.97 Å². The Morgan fingerprint density at radius 2 is 1.65 bits per heavy atom. The van der Waals surface area contributed by atoms with Gasteiger partial charge in [-0.15, -0.1) is 0 Å². The Morgan fingerprint density at radius 1 is 0.957 bits per heavy atom. The second-order valence-corrected chi connectivity index (χ2v) is 5.76. The van der Waals surface area contributed by atoms with Gasteiger partial charge in [-0.05, 0) is 29.7 Å². The number of amides is 1. The maximum Gasteiger partial charge on any atom is 0.325 e. The van der Waals surface area contributed by atoms with Crippen LogP contribution in [-0.4, -0.2) is 23.8 Å². The van der Waals surface area contributed by atoms with Crippen LogP contribution in [0.5, 0.6) is 0 Å². The quantitative estimate of drug-likeness (QED) is 0.597. The van der Waals surface area contributed by atoms with Crippen LogP contribution in [0.4, 0.5) is 0 Å². The zero-order chi connectivity index (χ0) is 16.5. The maximum atomic E-state index is 12.0. The van der Waals surface area contributed by atoms with Crippen LogP contribution < -0.4 is 5.32 Å². The van der Waals surface area contributed by atoms with Crippen molar-refractivity contribution >= 4 is 27.8 Å². The summed E-state index contributed by atoms with van der Waals surface area (Å²) in [6.07, 6.45) is 0.910. The zero-order valence-electron chi connectivity index (χ0n) is 12.6. The summed E-state index contributed by atoms with van der Waals surface area (Å²) >= 11 is 3.38. The summed E-state index contributed by atoms with van der Waals surface area (Å²) in [6, 6.07) is 16.7. The summed E-state index contributed by atoms with van der Waals surface area (Å²) in [5, 5.41) is 3.44. The lowest BCUT2D eigenvalue weighted by Crippen LogP contribution is -2.30. The molecule has 0 atom stereocenters. The fourth-order valence-corrected chi connectivity index (χ4v) is 2.43. The molecule has 0 fully saturated rings. The minimum Gasteiger partial charge on any atom is -0.460 e. The molecule has 0 aliphatic carbocycles. The third kappa shape index (κ3) is 5.87. The predicted molar refractivity (Wildman–Crippen MR) is 92.5 cm³/mol. The Labute approximate surface area is 144 Å². The highest BCUT2D eigenvalue weighted by molar-refractivity contribution is 9.09. The highest BCUT2D eigenvalue weighted by atomic mass is 79.9. The van der Waals surface area contributed by atoms with Gasteiger partial charge in [0.1, 0.15) is 13.2 Å². The molecule has 0 aromatic heterocycles. The number of rotatable bonds is 7. The molecule has 2 rings (SSSR count). The van der Waals surface area contributed by atoms with E-state index in [-0.39, 0.29) is 19.1 Å². The van der Waals surface area contributed by atoms with Gasteiger partial charge in [-0.2, -0.15) is 0 Å². The maximum absolute atomic E-state index is 12.0. The van der Waals surface area contributed by atoms with E-state index in [2.05, 4.69) is 21.2 Å². The highest BCUT2D eigenvalue weighted by Gasteiger charge is 2.09. The molecular formula is C18H18BrNO3. The second kappa shape index (κ2) is 9.10. The molecule has 0 heterocycles. The average molecular weight is 376 g/mol. The van der Waals surface area contributed by atoms with Crippen molar-refractivity contribution in [2.24, 2.45) is 0 Å². The fourth-order valence-electron chi connectivity index (χ4n) is 1.98. The number of hydrogen-bond acceptors (Lipinski definition) is 3. The van der Waals surface area contributed by atoms with Crippen molar-refractivity contribution in [1.82, 2.24) is 5.32 Å². The van der Waals surface area contributed by atoms with Gasteiger partial charge < -0.3 is 10.1 Å². The molecule has 1 N–H and O–H groups in total. The lowest BCUT2D eigenvalue weighted by Gasteiger charge is -2.07. The number of alkyl halides is 1. The third-order valence-corrected chi connectivity index (χ3v) is 3.63. The molecule has 23 heavy (non-hydrogen) atoms. The standard InChI is InChI=1S/C18H18BrNO3/c19-11-10-14-6-8-16(9-7-14)18(22)20-12-17(21)23-13-15-4-2-1-3-5-15/h1-9H,10-13H2,(H,20,22). The number of carbonyl (C=O) groups excluding carboxylic acids is 2. The Balaban J connectivity index is 1.76. The van der Waals surface area contributed by atoms with Crippen molar-refractivity contribution in [1.29, 1.82) is 0 Å². The Hall–Kier alpha value is -2.14. The molecule has 0 aliphatic heterocycles. The Kier molecular flexibility index (Phi) is 6.81. The smallest absolute Gasteiger partial charge is 0.325 e. The average Bonchev–Trinajstić information content (AvgIpc) is 2.59. The van der Waals surface area contributed by atoms with Crippen LogP contribution >= 0.6 is 15.9 Å². The van der Waals surface area contributed by atoms with Crippen LogP contribution in [0.25, 0.3) is 0 Å². The molecule has 0 unspecified atom stereocenters. The number of halogens is 1. The lowest BCUT2D eigenvalue weighted by molar-refractivity contribution is -0.143. The summed E-state index contributed by atoms with van der Waals surface area (Å²) in [5.41, 5.74) is 2.59. The minimum absolute atomic E-state index is 0.144. The molecule has 5 heteroatoms. The molecule has 0 bridgehead atoms. The molecule has 120 valence electrons. The van der Waals surface area contributed by atoms with Crippen LogP contribution in [0.3, 0.4) is 0 Å². The van der Waals surface area contributed by atoms with Crippen LogP contribution in [0, 0.1) is 0 Å². The van der Waals surface area contributed by atoms with Gasteiger partial charge in [0.05, 0.1) is 0 Å². The van der Waals surface area contributed by atoms with Crippen molar-refractivity contribution in [3.63, 3.8) is 0 Å². The van der Waals surface area contributed by atoms with Crippen molar-refractivity contribution in [2.45, 2.75) is 13.0 Å². The number of carbonyl (C=O) groups is 2. The van der Waals surface area contributed by atoms with E-state index in [0.29, 0.717) is 5.56 Å². The van der Waals surface area contributed by atoms with Gasteiger partial charge in [-0.3, -0.25) is 9.59 Å². The summed E-state index contributed by atoms with van der Waals surface area (Å²) in [4.78, 5) is 23.6. The van der Waals surface area contributed by atoms with Gasteiger partial charge in [0, 0.05) is 10.9 Å². The first-order valence-corrected chi connectivity index (χ1v) is 8.44. The number of aryl methyl sites for hydroxylation is 1. The monoisotopic (exact) mass is 375 g/mol. The number of nitrogens with one attached hydrogen (secondary N) is 1. The van der Waals surface area contributed by atoms with E-state index in [1.807, 2.05) is 42.5 Å². The second-order valence-electron chi connectivity index (χ2n) is 4.96. The van der Waals surface area contributed by atoms with E-state index in [1.165, 1.54) is 0 Å². The number of benzene rings is 2. The molecular weight excluding hydrogens is 358 g/mol. The van der Waals surface area contributed by atoms with E-state index in [9.17, 15) is 9.59 Å². The lowest BCUT2D eigenvalue weighted by atomic mass is 10.1. The van der Waals surface area contributed by atoms with Gasteiger partial charge in [0.2, 0.25) is 0 Å². The van der Waals surface area contributed by atoms with Gasteiger partial charge in [0.15, 0.2) is 0 Å². The third-order valence-electron chi connectivity index (χ3n) is 3.24. The molecule has 1 amide bonds. The molecule has 0 saturated carbocycles. The number of hydrogen-bond donors (Lipinski definition) is 1. The van der Waals surface area contributed by atoms with Gasteiger partial charge in [0.25, 0.3) is 5.91 Å². The van der Waals surface area contributed by atoms with Gasteiger partial charge in [-0.25, -0.2) is 0 Å². The molecule has 2 aromatic rings. The first-order valence-electron chi connectivity index (χ1n) is 7.31. The van der Waals surface area contributed by atoms with Crippen molar-refractivity contribution in [2.75, 3.05) is 11.9 Å². The normalized spacial score (nSPS) is 10.1. The SMILES string of the molecule is O=C(CNC(=O)c1ccc(CCBr)cc1)OCc1ccccc1. The van der Waals surface area contributed by atoms with Crippen molar-refractivity contribution in [3.8, 4) is 0 Å². The van der Waals surface area contributed by atoms with Crippen molar-refractivity contribution < 1.29 is 14.3 Å². The number of ether oxygens (including phenoxy) is 1. The summed E-state index contributed by atoms with van der Waals surface area (Å²) in [5.74, 6) is -0.745. The molecule has 0 radical (unpaired) electrons. The first kappa shape index (κ1) is 17.2. The fraction of sp³-hybridized carbons (Fsp3) is 0.222. The highest BCUT2D eigenvalue weighted by Crippen LogP contribution is 2.06. The van der Waals surface area contributed by atoms with Crippen LogP contribution in [0.1, 0.15) is 21.5 Å². The summed E-state index contributed by atoms with van der Waals surface area (Å²) in [6.45, 7) is 0.0611. The molecule has 0 aliphatic rings. The Morgan fingerprint density at radius 3 is 2.30 bits per heavy atom. The van der Waals surface area contributed by atoms with E-state index in [1.54, 1.807) is 12.1 Å². The molecule has 0 saturated heterocycles. The predicted octanol–water partition coefficient (Wildman–Crippen LogP) is 3.10. The largest absolute Gasteiger partial charge is 0.460 e. The van der Waals surface area contributed by atoms with Crippen LogP contribution in [0.15, 0.2) is 54.6 Å². The van der Waals surface area contributed by atoms with Gasteiger partial charge in [-0.1, -0.05) is 58.4 Å². The van der Waals surface area contributed by atoms with Crippen LogP contribution in [-0.2, 0) is 22.6 Å². The first-order chi connectivity index (χ1) is 11.2. The van der Waals surface area contributed by atoms with Crippen molar-refractivity contribution in [3.05, 3.63) is 71.3 Å². The molecule has 2 aromatic carbocycles. The van der Waals surface area contributed by atoms with E-state index in [4.69, 9.17) is 4.74 Å². The molecule has 0 spiro atoms. The number of esters is 1. The molecule has 4 nitrogen and oxygen atoms in total. The summed E-state index contributed by atoms with van der Waals surface area (Å²) < 4.78 is 5.11. The van der Waals surface area contributed by atoms with E-state index in [0.717, 1.165) is 22.9 Å². The van der Waals surface area contributed by atoms with E-state index >= 15 is 0 Å². The van der Waals surface area contributed by atoms with Crippen LogP contribution in [0.2, 0.25) is 0 Å². The summed E-state index contributed by atoms with van der Waals surface area (Å²) in [7, 11) is 0. The van der Waals surface area contributed by atoms with Gasteiger partial charge >= 0.3 is 5.97 Å². The topological polar surface area (TPSA) is 55.4 Å².